The first kappa shape index (κ1) is 27.0. The molecule has 10 heteroatoms. The summed E-state index contributed by atoms with van der Waals surface area (Å²) in [7, 11) is 1.30. The van der Waals surface area contributed by atoms with Gasteiger partial charge in [-0.1, -0.05) is 29.8 Å². The fourth-order valence-electron chi connectivity index (χ4n) is 3.60. The van der Waals surface area contributed by atoms with E-state index in [0.29, 0.717) is 29.1 Å². The first-order chi connectivity index (χ1) is 15.4. The molecule has 2 rings (SSSR count). The summed E-state index contributed by atoms with van der Waals surface area (Å²) in [6.07, 6.45) is 0.568. The molecule has 1 aliphatic heterocycles. The molecule has 8 nitrogen and oxygen atoms in total. The summed E-state index contributed by atoms with van der Waals surface area (Å²) in [6.45, 7) is 7.59. The molecule has 0 spiro atoms. The molecule has 182 valence electrons. The summed E-state index contributed by atoms with van der Waals surface area (Å²) in [5.41, 5.74) is 1.18. The van der Waals surface area contributed by atoms with Crippen LogP contribution in [0.2, 0.25) is 5.02 Å². The van der Waals surface area contributed by atoms with Gasteiger partial charge in [-0.2, -0.15) is 0 Å². The highest BCUT2D eigenvalue weighted by Gasteiger charge is 2.38. The number of piperidine rings is 1. The number of carbonyl (C=O) groups excluding carboxylic acids is 2. The average molecular weight is 500 g/mol. The highest BCUT2D eigenvalue weighted by molar-refractivity contribution is 8.01. The second-order valence-corrected chi connectivity index (χ2v) is 10.5. The molecule has 0 amide bonds. The van der Waals surface area contributed by atoms with E-state index in [-0.39, 0.29) is 17.9 Å². The number of ether oxygens (including phenoxy) is 3. The zero-order chi connectivity index (χ0) is 24.8. The largest absolute Gasteiger partial charge is 0.509 e. The van der Waals surface area contributed by atoms with Gasteiger partial charge in [-0.25, -0.2) is 14.4 Å². The van der Waals surface area contributed by atoms with Crippen molar-refractivity contribution in [3.8, 4) is 0 Å². The number of benzene rings is 1. The van der Waals surface area contributed by atoms with E-state index in [1.54, 1.807) is 52.0 Å². The molecule has 1 aromatic rings. The topological polar surface area (TPSA) is 102 Å². The lowest BCUT2D eigenvalue weighted by atomic mass is 9.98. The third-order valence-corrected chi connectivity index (χ3v) is 6.68. The quantitative estimate of drug-likeness (QED) is 0.310. The van der Waals surface area contributed by atoms with Crippen LogP contribution in [0.1, 0.15) is 45.7 Å². The van der Waals surface area contributed by atoms with Crippen molar-refractivity contribution in [3.63, 3.8) is 0 Å². The Morgan fingerprint density at radius 3 is 2.52 bits per heavy atom. The highest BCUT2D eigenvalue weighted by atomic mass is 35.5. The minimum absolute atomic E-state index is 0.210. The molecule has 1 saturated heterocycles. The van der Waals surface area contributed by atoms with Crippen molar-refractivity contribution in [2.24, 2.45) is 0 Å². The molecule has 2 atom stereocenters. The number of halogens is 1. The van der Waals surface area contributed by atoms with Gasteiger partial charge in [0.15, 0.2) is 4.93 Å². The maximum Gasteiger partial charge on any atom is 0.509 e. The minimum atomic E-state index is -1.09. The van der Waals surface area contributed by atoms with Crippen molar-refractivity contribution in [2.45, 2.75) is 56.4 Å². The maximum absolute atomic E-state index is 12.7. The van der Waals surface area contributed by atoms with Crippen LogP contribution >= 0.6 is 23.4 Å². The average Bonchev–Trinajstić information content (AvgIpc) is 2.69. The van der Waals surface area contributed by atoms with E-state index in [2.05, 4.69) is 0 Å². The number of esters is 1. The number of methoxy groups -OCH3 is 1. The number of carboxylic acid groups (broad SMARTS) is 1. The number of rotatable bonds is 8. The molecular formula is C23H30ClNO7S. The number of aliphatic carboxylic acids is 1. The van der Waals surface area contributed by atoms with Gasteiger partial charge in [0, 0.05) is 29.4 Å². The molecule has 1 heterocycles. The number of hydrogen-bond donors (Lipinski definition) is 1. The van der Waals surface area contributed by atoms with Gasteiger partial charge in [0.05, 0.1) is 13.2 Å². The van der Waals surface area contributed by atoms with E-state index in [1.807, 2.05) is 4.90 Å². The van der Waals surface area contributed by atoms with Crippen LogP contribution in [-0.2, 0) is 23.8 Å². The lowest BCUT2D eigenvalue weighted by Gasteiger charge is -2.40. The molecule has 1 unspecified atom stereocenters. The molecule has 0 aliphatic carbocycles. The Morgan fingerprint density at radius 2 is 1.94 bits per heavy atom. The molecule has 0 radical (unpaired) electrons. The molecule has 0 saturated carbocycles. The maximum atomic E-state index is 12.7. The van der Waals surface area contributed by atoms with E-state index >= 15 is 0 Å². The fourth-order valence-corrected chi connectivity index (χ4v) is 5.16. The second-order valence-electron chi connectivity index (χ2n) is 8.29. The van der Waals surface area contributed by atoms with Gasteiger partial charge in [-0.15, -0.1) is 11.8 Å². The van der Waals surface area contributed by atoms with Gasteiger partial charge >= 0.3 is 18.1 Å². The van der Waals surface area contributed by atoms with Crippen molar-refractivity contribution in [3.05, 3.63) is 46.5 Å². The van der Waals surface area contributed by atoms with Crippen molar-refractivity contribution in [2.75, 3.05) is 20.2 Å². The Morgan fingerprint density at radius 1 is 1.27 bits per heavy atom. The van der Waals surface area contributed by atoms with Crippen LogP contribution in [0.3, 0.4) is 0 Å². The number of carbonyl (C=O) groups is 3. The molecule has 33 heavy (non-hydrogen) atoms. The first-order valence-corrected chi connectivity index (χ1v) is 11.8. The molecule has 1 aromatic carbocycles. The van der Waals surface area contributed by atoms with Crippen molar-refractivity contribution in [1.29, 1.82) is 0 Å². The minimum Gasteiger partial charge on any atom is -0.478 e. The van der Waals surface area contributed by atoms with Gasteiger partial charge in [0.2, 0.25) is 0 Å². The van der Waals surface area contributed by atoms with Crippen LogP contribution in [0.4, 0.5) is 4.79 Å². The summed E-state index contributed by atoms with van der Waals surface area (Å²) >= 11 is 7.68. The number of likely N-dealkylation sites (tertiary alicyclic amines) is 1. The lowest BCUT2D eigenvalue weighted by Crippen LogP contribution is -2.44. The molecule has 0 bridgehead atoms. The van der Waals surface area contributed by atoms with Crippen LogP contribution in [0.5, 0.6) is 0 Å². The van der Waals surface area contributed by atoms with E-state index in [4.69, 9.17) is 25.8 Å². The summed E-state index contributed by atoms with van der Waals surface area (Å²) in [5, 5.41) is 9.62. The number of nitrogens with zero attached hydrogens (tertiary/aromatic N) is 1. The number of thioether (sulfide) groups is 1. The van der Waals surface area contributed by atoms with E-state index in [1.165, 1.54) is 18.9 Å². The highest BCUT2D eigenvalue weighted by Crippen LogP contribution is 2.40. The van der Waals surface area contributed by atoms with Crippen molar-refractivity contribution >= 4 is 41.5 Å². The third kappa shape index (κ3) is 7.94. The summed E-state index contributed by atoms with van der Waals surface area (Å²) in [5.74, 6) is -1.58. The SMILES string of the molecule is COC(=O)[C@H](c1ccccc1Cl)N1CCC(SC(C)(C)OC(=O)OC(C)C)/C(=C\C(=O)O)C1. The van der Waals surface area contributed by atoms with Crippen molar-refractivity contribution in [1.82, 2.24) is 4.90 Å². The third-order valence-electron chi connectivity index (χ3n) is 4.86. The lowest BCUT2D eigenvalue weighted by molar-refractivity contribution is -0.147. The first-order valence-electron chi connectivity index (χ1n) is 10.5. The zero-order valence-electron chi connectivity index (χ0n) is 19.4. The van der Waals surface area contributed by atoms with E-state index < -0.39 is 29.1 Å². The summed E-state index contributed by atoms with van der Waals surface area (Å²) in [6, 6.07) is 6.22. The number of carboxylic acids is 1. The number of hydrogen-bond acceptors (Lipinski definition) is 8. The van der Waals surface area contributed by atoms with Crippen molar-refractivity contribution < 1.29 is 33.7 Å². The monoisotopic (exact) mass is 499 g/mol. The van der Waals surface area contributed by atoms with Gasteiger partial charge in [0.1, 0.15) is 6.04 Å². The standard InChI is InChI=1S/C23H30ClNO7S/c1-14(2)31-22(29)32-23(3,4)33-18-10-11-25(13-15(18)12-19(26)27)20(21(28)30-5)16-8-6-7-9-17(16)24/h6-9,12,14,18,20H,10-11,13H2,1-5H3,(H,26,27)/b15-12-/t18?,20-/m0/s1. The van der Waals surface area contributed by atoms with Crippen LogP contribution in [-0.4, -0.2) is 64.6 Å². The van der Waals surface area contributed by atoms with Crippen LogP contribution in [0.25, 0.3) is 0 Å². The van der Waals surface area contributed by atoms with Gasteiger partial charge in [-0.05, 0) is 51.3 Å². The Bertz CT molecular complexity index is 903. The van der Waals surface area contributed by atoms with Gasteiger partial charge < -0.3 is 19.3 Å². The van der Waals surface area contributed by atoms with E-state index in [9.17, 15) is 19.5 Å². The predicted molar refractivity (Wildman–Crippen MR) is 126 cm³/mol. The summed E-state index contributed by atoms with van der Waals surface area (Å²) < 4.78 is 15.5. The Balaban J connectivity index is 2.26. The van der Waals surface area contributed by atoms with Crippen LogP contribution in [0.15, 0.2) is 35.9 Å². The predicted octanol–water partition coefficient (Wildman–Crippen LogP) is 4.67. The van der Waals surface area contributed by atoms with Crippen LogP contribution in [0, 0.1) is 0 Å². The van der Waals surface area contributed by atoms with Gasteiger partial charge in [-0.3, -0.25) is 4.90 Å². The van der Waals surface area contributed by atoms with Gasteiger partial charge in [0.25, 0.3) is 0 Å². The molecule has 1 N–H and O–H groups in total. The Labute approximate surface area is 203 Å². The Hall–Kier alpha value is -2.23. The Kier molecular flexibility index (Phi) is 9.63. The second kappa shape index (κ2) is 11.8. The van der Waals surface area contributed by atoms with Crippen LogP contribution < -0.4 is 0 Å². The summed E-state index contributed by atoms with van der Waals surface area (Å²) in [4.78, 5) is 37.1. The smallest absolute Gasteiger partial charge is 0.478 e. The zero-order valence-corrected chi connectivity index (χ0v) is 20.9. The fraction of sp³-hybridized carbons (Fsp3) is 0.522. The normalized spacial score (nSPS) is 19.2. The molecule has 1 aliphatic rings. The molecule has 0 aromatic heterocycles. The van der Waals surface area contributed by atoms with E-state index in [0.717, 1.165) is 6.08 Å². The molecule has 1 fully saturated rings. The molecular weight excluding hydrogens is 470 g/mol.